The van der Waals surface area contributed by atoms with E-state index in [4.69, 9.17) is 4.74 Å². The number of hydrogen-bond acceptors (Lipinski definition) is 6. The molecule has 1 aliphatic heterocycles. The zero-order valence-electron chi connectivity index (χ0n) is 10.2. The van der Waals surface area contributed by atoms with Crippen molar-refractivity contribution in [2.24, 2.45) is 0 Å². The van der Waals surface area contributed by atoms with Crippen molar-refractivity contribution in [3.05, 3.63) is 30.4 Å². The van der Waals surface area contributed by atoms with Crippen molar-refractivity contribution < 1.29 is 9.53 Å². The maximum Gasteiger partial charge on any atom is 0.263 e. The number of hydrogen-bond donors (Lipinski definition) is 2. The van der Waals surface area contributed by atoms with Gasteiger partial charge in [-0.25, -0.2) is 9.97 Å². The Morgan fingerprint density at radius 1 is 1.37 bits per heavy atom. The number of amides is 1. The van der Waals surface area contributed by atoms with Crippen molar-refractivity contribution in [3.63, 3.8) is 0 Å². The van der Waals surface area contributed by atoms with Crippen molar-refractivity contribution in [1.82, 2.24) is 15.0 Å². The van der Waals surface area contributed by atoms with Gasteiger partial charge in [0.25, 0.3) is 5.91 Å². The molecule has 3 rings (SSSR count). The van der Waals surface area contributed by atoms with E-state index in [0.29, 0.717) is 17.4 Å². The molecular formula is C12H11N5O2. The molecule has 0 aromatic carbocycles. The molecule has 19 heavy (non-hydrogen) atoms. The van der Waals surface area contributed by atoms with Crippen LogP contribution in [0.1, 0.15) is 5.56 Å². The van der Waals surface area contributed by atoms with E-state index in [2.05, 4.69) is 25.6 Å². The normalized spacial score (nSPS) is 13.2. The van der Waals surface area contributed by atoms with Crippen LogP contribution in [0.25, 0.3) is 0 Å². The van der Waals surface area contributed by atoms with Crippen LogP contribution in [0, 0.1) is 6.92 Å². The molecule has 0 aliphatic carbocycles. The Balaban J connectivity index is 1.94. The summed E-state index contributed by atoms with van der Waals surface area (Å²) in [5.41, 5.74) is 1.82. The third kappa shape index (κ3) is 2.30. The molecule has 2 aromatic heterocycles. The number of nitrogens with zero attached hydrogens (tertiary/aromatic N) is 3. The van der Waals surface area contributed by atoms with Gasteiger partial charge in [0.2, 0.25) is 5.75 Å². The SMILES string of the molecule is Cc1cncc(Nc2ncnc3c2OCC(=O)N3)c1. The number of nitrogens with one attached hydrogen (secondary N) is 2. The van der Waals surface area contributed by atoms with E-state index in [1.54, 1.807) is 12.4 Å². The van der Waals surface area contributed by atoms with Gasteiger partial charge in [-0.3, -0.25) is 9.78 Å². The molecule has 0 bridgehead atoms. The van der Waals surface area contributed by atoms with Crippen LogP contribution >= 0.6 is 0 Å². The molecule has 7 heteroatoms. The van der Waals surface area contributed by atoms with E-state index in [9.17, 15) is 4.79 Å². The fraction of sp³-hybridized carbons (Fsp3) is 0.167. The molecule has 0 fully saturated rings. The Hall–Kier alpha value is -2.70. The van der Waals surface area contributed by atoms with E-state index in [1.807, 2.05) is 13.0 Å². The lowest BCUT2D eigenvalue weighted by molar-refractivity contribution is -0.118. The first-order valence-electron chi connectivity index (χ1n) is 5.69. The van der Waals surface area contributed by atoms with Gasteiger partial charge in [-0.1, -0.05) is 0 Å². The molecule has 3 heterocycles. The van der Waals surface area contributed by atoms with Crippen LogP contribution in [0.2, 0.25) is 0 Å². The summed E-state index contributed by atoms with van der Waals surface area (Å²) in [6.07, 6.45) is 4.81. The summed E-state index contributed by atoms with van der Waals surface area (Å²) in [6, 6.07) is 1.93. The van der Waals surface area contributed by atoms with Gasteiger partial charge in [0.1, 0.15) is 6.33 Å². The monoisotopic (exact) mass is 257 g/mol. The lowest BCUT2D eigenvalue weighted by Crippen LogP contribution is -2.26. The molecular weight excluding hydrogens is 246 g/mol. The predicted molar refractivity (Wildman–Crippen MR) is 68.4 cm³/mol. The smallest absolute Gasteiger partial charge is 0.263 e. The summed E-state index contributed by atoms with van der Waals surface area (Å²) >= 11 is 0. The van der Waals surface area contributed by atoms with Crippen LogP contribution in [-0.2, 0) is 4.79 Å². The maximum atomic E-state index is 11.2. The van der Waals surface area contributed by atoms with E-state index in [1.165, 1.54) is 6.33 Å². The van der Waals surface area contributed by atoms with Gasteiger partial charge in [-0.05, 0) is 18.6 Å². The van der Waals surface area contributed by atoms with Crippen LogP contribution in [0.3, 0.4) is 0 Å². The Kier molecular flexibility index (Phi) is 2.71. The molecule has 0 saturated heterocycles. The Labute approximate surface area is 109 Å². The number of ether oxygens (including phenoxy) is 1. The molecule has 0 spiro atoms. The highest BCUT2D eigenvalue weighted by Crippen LogP contribution is 2.33. The number of carbonyl (C=O) groups excluding carboxylic acids is 1. The zero-order valence-corrected chi connectivity index (χ0v) is 10.2. The summed E-state index contributed by atoms with van der Waals surface area (Å²) in [7, 11) is 0. The number of anilines is 3. The predicted octanol–water partition coefficient (Wildman–Crippen LogP) is 1.25. The first-order chi connectivity index (χ1) is 9.22. The van der Waals surface area contributed by atoms with Gasteiger partial charge in [-0.2, -0.15) is 0 Å². The topological polar surface area (TPSA) is 89.0 Å². The molecule has 1 aliphatic rings. The van der Waals surface area contributed by atoms with Gasteiger partial charge in [0, 0.05) is 6.20 Å². The molecule has 1 amide bonds. The molecule has 0 radical (unpaired) electrons. The Morgan fingerprint density at radius 2 is 2.26 bits per heavy atom. The maximum absolute atomic E-state index is 11.2. The van der Waals surface area contributed by atoms with Gasteiger partial charge < -0.3 is 15.4 Å². The molecule has 2 aromatic rings. The standard InChI is InChI=1S/C12H11N5O2/c1-7-2-8(4-13-3-7)16-11-10-12(15-6-14-11)17-9(18)5-19-10/h2-4,6H,5H2,1H3,(H2,14,15,16,17,18). The van der Waals surface area contributed by atoms with Crippen molar-refractivity contribution in [2.75, 3.05) is 17.2 Å². The third-order valence-corrected chi connectivity index (χ3v) is 2.55. The number of carbonyl (C=O) groups is 1. The third-order valence-electron chi connectivity index (χ3n) is 2.55. The van der Waals surface area contributed by atoms with Crippen molar-refractivity contribution in [1.29, 1.82) is 0 Å². The fourth-order valence-corrected chi connectivity index (χ4v) is 1.75. The first kappa shape index (κ1) is 11.4. The molecule has 96 valence electrons. The average Bonchev–Trinajstić information content (AvgIpc) is 2.38. The summed E-state index contributed by atoms with van der Waals surface area (Å²) in [5, 5.41) is 5.72. The van der Waals surface area contributed by atoms with Crippen molar-refractivity contribution >= 4 is 23.2 Å². The molecule has 0 atom stereocenters. The van der Waals surface area contributed by atoms with Crippen LogP contribution in [0.4, 0.5) is 17.3 Å². The van der Waals surface area contributed by atoms with Crippen LogP contribution in [-0.4, -0.2) is 27.5 Å². The quantitative estimate of drug-likeness (QED) is 0.841. The second-order valence-electron chi connectivity index (χ2n) is 4.11. The molecule has 2 N–H and O–H groups in total. The average molecular weight is 257 g/mol. The highest BCUT2D eigenvalue weighted by Gasteiger charge is 2.21. The summed E-state index contributed by atoms with van der Waals surface area (Å²) in [4.78, 5) is 23.4. The summed E-state index contributed by atoms with van der Waals surface area (Å²) in [5.74, 6) is 1.07. The summed E-state index contributed by atoms with van der Waals surface area (Å²) < 4.78 is 5.35. The number of pyridine rings is 1. The van der Waals surface area contributed by atoms with E-state index in [0.717, 1.165) is 11.3 Å². The minimum atomic E-state index is -0.227. The van der Waals surface area contributed by atoms with E-state index >= 15 is 0 Å². The largest absolute Gasteiger partial charge is 0.476 e. The fourth-order valence-electron chi connectivity index (χ4n) is 1.75. The van der Waals surface area contributed by atoms with Gasteiger partial charge >= 0.3 is 0 Å². The van der Waals surface area contributed by atoms with E-state index in [-0.39, 0.29) is 12.5 Å². The second-order valence-corrected chi connectivity index (χ2v) is 4.11. The lowest BCUT2D eigenvalue weighted by Gasteiger charge is -2.19. The highest BCUT2D eigenvalue weighted by atomic mass is 16.5. The minimum Gasteiger partial charge on any atom is -0.476 e. The molecule has 0 saturated carbocycles. The molecule has 0 unspecified atom stereocenters. The number of fused-ring (bicyclic) bond motifs is 1. The Morgan fingerprint density at radius 3 is 3.11 bits per heavy atom. The number of aryl methyl sites for hydroxylation is 1. The van der Waals surface area contributed by atoms with Crippen molar-refractivity contribution in [2.45, 2.75) is 6.92 Å². The first-order valence-corrected chi connectivity index (χ1v) is 5.69. The Bertz CT molecular complexity index is 644. The van der Waals surface area contributed by atoms with E-state index < -0.39 is 0 Å². The summed E-state index contributed by atoms with van der Waals surface area (Å²) in [6.45, 7) is 1.91. The lowest BCUT2D eigenvalue weighted by atomic mass is 10.3. The van der Waals surface area contributed by atoms with Gasteiger partial charge in [0.15, 0.2) is 18.2 Å². The second kappa shape index (κ2) is 4.52. The van der Waals surface area contributed by atoms with Crippen LogP contribution in [0.15, 0.2) is 24.8 Å². The van der Waals surface area contributed by atoms with Gasteiger partial charge in [-0.15, -0.1) is 0 Å². The number of rotatable bonds is 2. The minimum absolute atomic E-state index is 0.0406. The van der Waals surface area contributed by atoms with Crippen LogP contribution < -0.4 is 15.4 Å². The number of aromatic nitrogens is 3. The zero-order chi connectivity index (χ0) is 13.2. The molecule has 7 nitrogen and oxygen atoms in total. The highest BCUT2D eigenvalue weighted by molar-refractivity contribution is 5.95. The van der Waals surface area contributed by atoms with Crippen molar-refractivity contribution in [3.8, 4) is 5.75 Å². The van der Waals surface area contributed by atoms with Gasteiger partial charge in [0.05, 0.1) is 11.9 Å². The van der Waals surface area contributed by atoms with Crippen LogP contribution in [0.5, 0.6) is 5.75 Å².